The Hall–Kier alpha value is -1.24. The predicted molar refractivity (Wildman–Crippen MR) is 98.6 cm³/mol. The quantitative estimate of drug-likeness (QED) is 0.691. The summed E-state index contributed by atoms with van der Waals surface area (Å²) in [5, 5.41) is 5.42. The van der Waals surface area contributed by atoms with E-state index in [2.05, 4.69) is 69.7 Å². The standard InChI is InChI=1S/C17H23BN2O2S/c1-16(2)17(3,4)22-18(21-16)14(11-23)8-12-6-7-13-10-19-20(5)15(13)9-12/h6-10,23H,11H2,1-5H3. The number of rotatable bonds is 3. The van der Waals surface area contributed by atoms with E-state index in [9.17, 15) is 0 Å². The highest BCUT2D eigenvalue weighted by atomic mass is 32.1. The van der Waals surface area contributed by atoms with Crippen LogP contribution in [-0.2, 0) is 16.4 Å². The number of hydrogen-bond donors (Lipinski definition) is 1. The summed E-state index contributed by atoms with van der Waals surface area (Å²) in [4.78, 5) is 0. The Morgan fingerprint density at radius 1 is 1.26 bits per heavy atom. The van der Waals surface area contributed by atoms with Gasteiger partial charge in [-0.15, -0.1) is 0 Å². The monoisotopic (exact) mass is 330 g/mol. The molecule has 122 valence electrons. The normalized spacial score (nSPS) is 20.4. The Morgan fingerprint density at radius 2 is 1.91 bits per heavy atom. The van der Waals surface area contributed by atoms with Crippen LogP contribution >= 0.6 is 12.6 Å². The van der Waals surface area contributed by atoms with Gasteiger partial charge in [-0.05, 0) is 44.8 Å². The number of fused-ring (bicyclic) bond motifs is 1. The maximum atomic E-state index is 6.13. The molecule has 0 saturated carbocycles. The Kier molecular flexibility index (Phi) is 4.11. The molecule has 0 radical (unpaired) electrons. The second kappa shape index (κ2) is 5.69. The fourth-order valence-corrected chi connectivity index (χ4v) is 2.89. The molecule has 4 nitrogen and oxygen atoms in total. The van der Waals surface area contributed by atoms with E-state index in [0.717, 1.165) is 21.9 Å². The van der Waals surface area contributed by atoms with Crippen LogP contribution in [0.4, 0.5) is 0 Å². The molecule has 2 heterocycles. The first-order valence-corrected chi connectivity index (χ1v) is 8.45. The first kappa shape index (κ1) is 16.6. The third-order valence-electron chi connectivity index (χ3n) is 4.86. The van der Waals surface area contributed by atoms with Crippen molar-refractivity contribution in [1.29, 1.82) is 0 Å². The number of nitrogens with zero attached hydrogens (tertiary/aromatic N) is 2. The molecule has 0 spiro atoms. The van der Waals surface area contributed by atoms with Crippen LogP contribution in [-0.4, -0.2) is 33.9 Å². The van der Waals surface area contributed by atoms with Crippen LogP contribution in [0.1, 0.15) is 33.3 Å². The second-order valence-corrected chi connectivity index (χ2v) is 7.37. The zero-order valence-corrected chi connectivity index (χ0v) is 15.2. The maximum Gasteiger partial charge on any atom is 0.491 e. The van der Waals surface area contributed by atoms with Crippen molar-refractivity contribution in [3.63, 3.8) is 0 Å². The van der Waals surface area contributed by atoms with Gasteiger partial charge in [-0.25, -0.2) is 0 Å². The topological polar surface area (TPSA) is 36.3 Å². The third-order valence-corrected chi connectivity index (χ3v) is 5.23. The van der Waals surface area contributed by atoms with Gasteiger partial charge in [0.1, 0.15) is 0 Å². The summed E-state index contributed by atoms with van der Waals surface area (Å²) in [6.07, 6.45) is 3.97. The minimum Gasteiger partial charge on any atom is -0.400 e. The molecule has 23 heavy (non-hydrogen) atoms. The molecule has 1 aliphatic heterocycles. The van der Waals surface area contributed by atoms with Crippen molar-refractivity contribution in [2.24, 2.45) is 7.05 Å². The summed E-state index contributed by atoms with van der Waals surface area (Å²) < 4.78 is 14.1. The fourth-order valence-electron chi connectivity index (χ4n) is 2.65. The molecule has 0 aliphatic carbocycles. The number of aromatic nitrogens is 2. The summed E-state index contributed by atoms with van der Waals surface area (Å²) in [5.41, 5.74) is 2.54. The molecule has 2 aromatic rings. The van der Waals surface area contributed by atoms with Crippen molar-refractivity contribution in [3.8, 4) is 0 Å². The Morgan fingerprint density at radius 3 is 2.52 bits per heavy atom. The van der Waals surface area contributed by atoms with Crippen molar-refractivity contribution in [2.45, 2.75) is 38.9 Å². The molecule has 0 N–H and O–H groups in total. The van der Waals surface area contributed by atoms with Crippen LogP contribution in [0.3, 0.4) is 0 Å². The largest absolute Gasteiger partial charge is 0.491 e. The van der Waals surface area contributed by atoms with Gasteiger partial charge in [0.2, 0.25) is 0 Å². The molecule has 1 aliphatic rings. The molecule has 3 rings (SSSR count). The van der Waals surface area contributed by atoms with E-state index in [4.69, 9.17) is 9.31 Å². The van der Waals surface area contributed by atoms with Crippen molar-refractivity contribution in [2.75, 3.05) is 5.75 Å². The van der Waals surface area contributed by atoms with Crippen LogP contribution in [0.15, 0.2) is 29.9 Å². The lowest BCUT2D eigenvalue weighted by molar-refractivity contribution is 0.00578. The average molecular weight is 330 g/mol. The third kappa shape index (κ3) is 2.95. The van der Waals surface area contributed by atoms with E-state index >= 15 is 0 Å². The lowest BCUT2D eigenvalue weighted by Gasteiger charge is -2.32. The SMILES string of the molecule is Cn1ncc2ccc(C=C(CS)B3OC(C)(C)C(C)(C)O3)cc21. The summed E-state index contributed by atoms with van der Waals surface area (Å²) in [6, 6.07) is 6.28. The Labute approximate surface area is 143 Å². The first-order valence-electron chi connectivity index (χ1n) is 7.82. The van der Waals surface area contributed by atoms with Crippen molar-refractivity contribution >= 4 is 36.7 Å². The van der Waals surface area contributed by atoms with E-state index in [1.165, 1.54) is 0 Å². The van der Waals surface area contributed by atoms with Crippen molar-refractivity contribution < 1.29 is 9.31 Å². The number of benzene rings is 1. The molecule has 0 bridgehead atoms. The molecule has 1 aromatic heterocycles. The Bertz CT molecular complexity index is 751. The lowest BCUT2D eigenvalue weighted by atomic mass is 9.78. The molecule has 0 unspecified atom stereocenters. The van der Waals surface area contributed by atoms with Crippen LogP contribution in [0.25, 0.3) is 17.0 Å². The van der Waals surface area contributed by atoms with Gasteiger partial charge in [0, 0.05) is 18.2 Å². The zero-order chi connectivity index (χ0) is 16.8. The van der Waals surface area contributed by atoms with E-state index in [-0.39, 0.29) is 18.3 Å². The highest BCUT2D eigenvalue weighted by Crippen LogP contribution is 2.39. The van der Waals surface area contributed by atoms with Gasteiger partial charge in [0.15, 0.2) is 0 Å². The van der Waals surface area contributed by atoms with Crippen LogP contribution in [0, 0.1) is 0 Å². The van der Waals surface area contributed by atoms with Gasteiger partial charge in [-0.3, -0.25) is 4.68 Å². The van der Waals surface area contributed by atoms with Crippen molar-refractivity contribution in [3.05, 3.63) is 35.4 Å². The second-order valence-electron chi connectivity index (χ2n) is 7.05. The van der Waals surface area contributed by atoms with E-state index < -0.39 is 0 Å². The average Bonchev–Trinajstić information content (AvgIpc) is 2.94. The van der Waals surface area contributed by atoms with Gasteiger partial charge in [-0.1, -0.05) is 18.2 Å². The smallest absolute Gasteiger partial charge is 0.400 e. The van der Waals surface area contributed by atoms with E-state index in [0.29, 0.717) is 5.75 Å². The molecule has 0 amide bonds. The highest BCUT2D eigenvalue weighted by Gasteiger charge is 2.52. The predicted octanol–water partition coefficient (Wildman–Crippen LogP) is 3.52. The van der Waals surface area contributed by atoms with Gasteiger partial charge in [-0.2, -0.15) is 17.7 Å². The minimum atomic E-state index is -0.361. The van der Waals surface area contributed by atoms with Gasteiger partial charge >= 0.3 is 7.12 Å². The molecular formula is C17H23BN2O2S. The molecular weight excluding hydrogens is 307 g/mol. The molecule has 1 fully saturated rings. The number of hydrogen-bond acceptors (Lipinski definition) is 4. The van der Waals surface area contributed by atoms with Gasteiger partial charge < -0.3 is 9.31 Å². The first-order chi connectivity index (χ1) is 10.7. The maximum absolute atomic E-state index is 6.13. The molecule has 1 saturated heterocycles. The van der Waals surface area contributed by atoms with Crippen LogP contribution in [0.5, 0.6) is 0 Å². The van der Waals surface area contributed by atoms with Crippen LogP contribution in [0.2, 0.25) is 0 Å². The zero-order valence-electron chi connectivity index (χ0n) is 14.3. The molecule has 0 atom stereocenters. The minimum absolute atomic E-state index is 0.342. The van der Waals surface area contributed by atoms with Crippen LogP contribution < -0.4 is 0 Å². The lowest BCUT2D eigenvalue weighted by Crippen LogP contribution is -2.41. The number of aryl methyl sites for hydroxylation is 1. The fraction of sp³-hybridized carbons (Fsp3) is 0.471. The Balaban J connectivity index is 1.93. The van der Waals surface area contributed by atoms with E-state index in [1.807, 2.05) is 17.9 Å². The number of thiol groups is 1. The van der Waals surface area contributed by atoms with Gasteiger partial charge in [0.25, 0.3) is 0 Å². The summed E-state index contributed by atoms with van der Waals surface area (Å²) in [5.74, 6) is 0.584. The van der Waals surface area contributed by atoms with Gasteiger partial charge in [0.05, 0.1) is 22.9 Å². The van der Waals surface area contributed by atoms with E-state index in [1.54, 1.807) is 0 Å². The summed E-state index contributed by atoms with van der Waals surface area (Å²) in [6.45, 7) is 8.24. The summed E-state index contributed by atoms with van der Waals surface area (Å²) >= 11 is 4.47. The molecule has 1 aromatic carbocycles. The highest BCUT2D eigenvalue weighted by molar-refractivity contribution is 7.80. The molecule has 6 heteroatoms. The van der Waals surface area contributed by atoms with Crippen molar-refractivity contribution in [1.82, 2.24) is 9.78 Å². The summed E-state index contributed by atoms with van der Waals surface area (Å²) in [7, 11) is 1.59.